The number of benzene rings is 2. The summed E-state index contributed by atoms with van der Waals surface area (Å²) in [5, 5.41) is 8.77. The molecule has 1 atom stereocenters. The minimum Gasteiger partial charge on any atom is -0.455 e. The highest BCUT2D eigenvalue weighted by molar-refractivity contribution is 6.32. The van der Waals surface area contributed by atoms with Gasteiger partial charge in [-0.1, -0.05) is 23.7 Å². The highest BCUT2D eigenvalue weighted by atomic mass is 35.5. The van der Waals surface area contributed by atoms with Gasteiger partial charge in [0.25, 0.3) is 0 Å². The second-order valence-corrected chi connectivity index (χ2v) is 9.07. The van der Waals surface area contributed by atoms with Crippen LogP contribution in [0.5, 0.6) is 11.5 Å². The molecule has 3 heterocycles. The molecule has 1 fully saturated rings. The van der Waals surface area contributed by atoms with E-state index in [1.54, 1.807) is 0 Å². The summed E-state index contributed by atoms with van der Waals surface area (Å²) in [7, 11) is 2.16. The summed E-state index contributed by atoms with van der Waals surface area (Å²) < 4.78 is 8.65. The molecule has 5 rings (SSSR count). The first-order valence-electron chi connectivity index (χ1n) is 11.2. The lowest BCUT2D eigenvalue weighted by molar-refractivity contribution is 0.343. The van der Waals surface area contributed by atoms with Gasteiger partial charge in [0, 0.05) is 41.7 Å². The Hall–Kier alpha value is -2.50. The average Bonchev–Trinajstić information content (AvgIpc) is 3.29. The largest absolute Gasteiger partial charge is 0.455 e. The van der Waals surface area contributed by atoms with Gasteiger partial charge in [-0.2, -0.15) is 5.10 Å². The van der Waals surface area contributed by atoms with Crippen LogP contribution in [0.2, 0.25) is 5.02 Å². The van der Waals surface area contributed by atoms with Gasteiger partial charge in [0.1, 0.15) is 11.5 Å². The zero-order valence-electron chi connectivity index (χ0n) is 18.1. The molecule has 162 valence electrons. The van der Waals surface area contributed by atoms with Crippen LogP contribution in [-0.2, 0) is 6.42 Å². The van der Waals surface area contributed by atoms with E-state index in [4.69, 9.17) is 21.4 Å². The van der Waals surface area contributed by atoms with Crippen LogP contribution in [0.25, 0.3) is 11.1 Å². The standard InChI is InChI=1S/C25H29ClN4O/c1-17-7-8-21-23(29(17)2)10-9-20(25(21)31-24-6-4-3-5-22(24)26)18-15-28-30(16-18)19-11-13-27-14-12-19/h3-6,9-10,15-17,19,27H,7-8,11-14H2,1-2H3. The molecule has 31 heavy (non-hydrogen) atoms. The van der Waals surface area contributed by atoms with Gasteiger partial charge in [-0.15, -0.1) is 0 Å². The molecular formula is C25H29ClN4O. The van der Waals surface area contributed by atoms with Crippen molar-refractivity contribution in [3.05, 3.63) is 59.4 Å². The number of fused-ring (bicyclic) bond motifs is 1. The molecule has 5 nitrogen and oxygen atoms in total. The van der Waals surface area contributed by atoms with Gasteiger partial charge < -0.3 is 15.0 Å². The Balaban J connectivity index is 1.58. The number of rotatable bonds is 4. The van der Waals surface area contributed by atoms with Gasteiger partial charge in [0.15, 0.2) is 0 Å². The first-order valence-corrected chi connectivity index (χ1v) is 11.6. The number of hydrogen-bond donors (Lipinski definition) is 1. The molecular weight excluding hydrogens is 408 g/mol. The van der Waals surface area contributed by atoms with E-state index in [9.17, 15) is 0 Å². The van der Waals surface area contributed by atoms with Gasteiger partial charge in [0.2, 0.25) is 0 Å². The summed E-state index contributed by atoms with van der Waals surface area (Å²) in [5.41, 5.74) is 4.63. The van der Waals surface area contributed by atoms with Crippen molar-refractivity contribution in [2.75, 3.05) is 25.0 Å². The van der Waals surface area contributed by atoms with E-state index in [0.717, 1.165) is 55.6 Å². The van der Waals surface area contributed by atoms with Crippen molar-refractivity contribution in [3.8, 4) is 22.6 Å². The normalized spacial score (nSPS) is 19.3. The van der Waals surface area contributed by atoms with Crippen LogP contribution < -0.4 is 15.0 Å². The Bertz CT molecular complexity index is 1070. The van der Waals surface area contributed by atoms with Gasteiger partial charge in [0.05, 0.1) is 17.3 Å². The summed E-state index contributed by atoms with van der Waals surface area (Å²) in [5.74, 6) is 1.58. The SMILES string of the molecule is CC1CCc2c(ccc(-c3cnn(C4CCNCC4)c3)c2Oc2ccccc2Cl)N1C. The minimum absolute atomic E-state index is 0.451. The minimum atomic E-state index is 0.451. The van der Waals surface area contributed by atoms with Gasteiger partial charge in [-0.05, 0) is 70.0 Å². The van der Waals surface area contributed by atoms with Gasteiger partial charge in [-0.3, -0.25) is 4.68 Å². The number of hydrogen-bond acceptors (Lipinski definition) is 4. The molecule has 2 aliphatic heterocycles. The Morgan fingerprint density at radius 1 is 1.10 bits per heavy atom. The number of aromatic nitrogens is 2. The van der Waals surface area contributed by atoms with E-state index in [0.29, 0.717) is 22.9 Å². The van der Waals surface area contributed by atoms with Crippen LogP contribution >= 0.6 is 11.6 Å². The number of ether oxygens (including phenoxy) is 1. The highest BCUT2D eigenvalue weighted by Gasteiger charge is 2.27. The molecule has 0 aliphatic carbocycles. The number of nitrogens with one attached hydrogen (secondary N) is 1. The maximum Gasteiger partial charge on any atom is 0.146 e. The summed E-state index contributed by atoms with van der Waals surface area (Å²) >= 11 is 6.46. The smallest absolute Gasteiger partial charge is 0.146 e. The highest BCUT2D eigenvalue weighted by Crippen LogP contribution is 2.45. The monoisotopic (exact) mass is 436 g/mol. The first kappa shape index (κ1) is 20.4. The average molecular weight is 437 g/mol. The van der Waals surface area contributed by atoms with Crippen molar-refractivity contribution >= 4 is 17.3 Å². The Labute approximate surface area is 189 Å². The van der Waals surface area contributed by atoms with Crippen molar-refractivity contribution in [1.82, 2.24) is 15.1 Å². The maximum absolute atomic E-state index is 6.53. The summed E-state index contributed by atoms with van der Waals surface area (Å²) in [4.78, 5) is 2.35. The van der Waals surface area contributed by atoms with Crippen LogP contribution in [0.4, 0.5) is 5.69 Å². The molecule has 0 radical (unpaired) electrons. The Morgan fingerprint density at radius 3 is 2.71 bits per heavy atom. The summed E-state index contributed by atoms with van der Waals surface area (Å²) in [6, 6.07) is 13.0. The lowest BCUT2D eigenvalue weighted by atomic mass is 9.93. The fourth-order valence-corrected chi connectivity index (χ4v) is 4.88. The second kappa shape index (κ2) is 8.56. The van der Waals surface area contributed by atoms with E-state index in [2.05, 4.69) is 47.2 Å². The van der Waals surface area contributed by atoms with E-state index in [1.165, 1.54) is 11.3 Å². The molecule has 3 aromatic rings. The van der Waals surface area contributed by atoms with Crippen molar-refractivity contribution in [3.63, 3.8) is 0 Å². The molecule has 0 saturated carbocycles. The Kier molecular flexibility index (Phi) is 5.63. The van der Waals surface area contributed by atoms with E-state index < -0.39 is 0 Å². The van der Waals surface area contributed by atoms with Crippen LogP contribution in [0.15, 0.2) is 48.8 Å². The summed E-state index contributed by atoms with van der Waals surface area (Å²) in [6.45, 7) is 4.36. The van der Waals surface area contributed by atoms with Crippen LogP contribution in [-0.4, -0.2) is 36.0 Å². The first-order chi connectivity index (χ1) is 15.1. The lowest BCUT2D eigenvalue weighted by Crippen LogP contribution is -2.33. The topological polar surface area (TPSA) is 42.3 Å². The fraction of sp³-hybridized carbons (Fsp3) is 0.400. The van der Waals surface area contributed by atoms with Gasteiger partial charge in [-0.25, -0.2) is 0 Å². The van der Waals surface area contributed by atoms with Crippen molar-refractivity contribution in [1.29, 1.82) is 0 Å². The van der Waals surface area contributed by atoms with Gasteiger partial charge >= 0.3 is 0 Å². The number of nitrogens with zero attached hydrogens (tertiary/aromatic N) is 3. The second-order valence-electron chi connectivity index (χ2n) is 8.66. The molecule has 0 spiro atoms. The quantitative estimate of drug-likeness (QED) is 0.570. The molecule has 6 heteroatoms. The van der Waals surface area contributed by atoms with E-state index in [1.807, 2.05) is 30.5 Å². The lowest BCUT2D eigenvalue weighted by Gasteiger charge is -2.35. The molecule has 2 aliphatic rings. The molecule has 1 unspecified atom stereocenters. The number of para-hydroxylation sites is 1. The molecule has 0 amide bonds. The van der Waals surface area contributed by atoms with E-state index >= 15 is 0 Å². The fourth-order valence-electron chi connectivity index (χ4n) is 4.70. The van der Waals surface area contributed by atoms with Crippen LogP contribution in [0.1, 0.15) is 37.8 Å². The zero-order chi connectivity index (χ0) is 21.4. The number of halogens is 1. The third-order valence-corrected chi connectivity index (χ3v) is 7.05. The van der Waals surface area contributed by atoms with Crippen LogP contribution in [0, 0.1) is 0 Å². The van der Waals surface area contributed by atoms with Crippen molar-refractivity contribution < 1.29 is 4.74 Å². The zero-order valence-corrected chi connectivity index (χ0v) is 18.9. The third kappa shape index (κ3) is 3.92. The maximum atomic E-state index is 6.53. The van der Waals surface area contributed by atoms with Crippen molar-refractivity contribution in [2.45, 2.75) is 44.7 Å². The van der Waals surface area contributed by atoms with E-state index in [-0.39, 0.29) is 0 Å². The third-order valence-electron chi connectivity index (χ3n) is 6.73. The molecule has 2 aromatic carbocycles. The predicted octanol–water partition coefficient (Wildman–Crippen LogP) is 5.69. The predicted molar refractivity (Wildman–Crippen MR) is 127 cm³/mol. The van der Waals surface area contributed by atoms with Crippen LogP contribution in [0.3, 0.4) is 0 Å². The molecule has 0 bridgehead atoms. The number of anilines is 1. The van der Waals surface area contributed by atoms with Crippen molar-refractivity contribution in [2.24, 2.45) is 0 Å². The number of piperidine rings is 1. The molecule has 1 saturated heterocycles. The Morgan fingerprint density at radius 2 is 1.90 bits per heavy atom. The molecule has 1 N–H and O–H groups in total. The summed E-state index contributed by atoms with van der Waals surface area (Å²) in [6.07, 6.45) is 8.44. The molecule has 1 aromatic heterocycles.